The zero-order chi connectivity index (χ0) is 12.7. The van der Waals surface area contributed by atoms with Crippen molar-refractivity contribution in [3.05, 3.63) is 29.3 Å². The minimum absolute atomic E-state index is 0.0471. The predicted molar refractivity (Wildman–Crippen MR) is 67.6 cm³/mol. The molecule has 1 unspecified atom stereocenters. The summed E-state index contributed by atoms with van der Waals surface area (Å²) in [5.74, 6) is 0.640. The van der Waals surface area contributed by atoms with E-state index in [-0.39, 0.29) is 18.3 Å². The number of rotatable bonds is 7. The molecule has 0 fully saturated rings. The number of carbonyl (C=O) groups excluding carboxylic acids is 1. The number of hydrogen-bond acceptors (Lipinski definition) is 3. The van der Waals surface area contributed by atoms with Crippen molar-refractivity contribution in [3.63, 3.8) is 0 Å². The van der Waals surface area contributed by atoms with Gasteiger partial charge in [-0.2, -0.15) is 0 Å². The van der Waals surface area contributed by atoms with Gasteiger partial charge in [0, 0.05) is 24.7 Å². The molecule has 0 radical (unpaired) electrons. The van der Waals surface area contributed by atoms with Gasteiger partial charge in [0.25, 0.3) is 0 Å². The van der Waals surface area contributed by atoms with E-state index in [4.69, 9.17) is 21.1 Å². The van der Waals surface area contributed by atoms with E-state index in [0.29, 0.717) is 23.8 Å². The van der Waals surface area contributed by atoms with E-state index in [1.807, 2.05) is 6.92 Å². The second kappa shape index (κ2) is 7.30. The molecule has 1 aromatic rings. The van der Waals surface area contributed by atoms with Crippen LogP contribution < -0.4 is 4.74 Å². The van der Waals surface area contributed by atoms with Crippen LogP contribution in [-0.4, -0.2) is 26.1 Å². The first-order valence-corrected chi connectivity index (χ1v) is 5.91. The molecule has 0 aliphatic carbocycles. The Balaban J connectivity index is 2.37. The van der Waals surface area contributed by atoms with E-state index in [0.717, 1.165) is 0 Å². The van der Waals surface area contributed by atoms with Gasteiger partial charge >= 0.3 is 0 Å². The highest BCUT2D eigenvalue weighted by molar-refractivity contribution is 6.30. The number of benzene rings is 1. The standard InChI is InChI=1S/C13H17ClO3/c1-10(6-7-16-2)13(15)9-17-12-5-3-4-11(14)8-12/h3-5,8,10H,6-7,9H2,1-2H3. The summed E-state index contributed by atoms with van der Waals surface area (Å²) in [5.41, 5.74) is 0. The lowest BCUT2D eigenvalue weighted by Gasteiger charge is -2.11. The lowest BCUT2D eigenvalue weighted by Crippen LogP contribution is -2.20. The maximum Gasteiger partial charge on any atom is 0.173 e. The lowest BCUT2D eigenvalue weighted by atomic mass is 10.0. The molecule has 0 spiro atoms. The first-order chi connectivity index (χ1) is 8.13. The molecule has 0 aromatic heterocycles. The predicted octanol–water partition coefficient (Wildman–Crippen LogP) is 2.96. The summed E-state index contributed by atoms with van der Waals surface area (Å²) in [4.78, 5) is 11.7. The van der Waals surface area contributed by atoms with Crippen molar-refractivity contribution in [2.75, 3.05) is 20.3 Å². The van der Waals surface area contributed by atoms with Gasteiger partial charge in [-0.15, -0.1) is 0 Å². The number of Topliss-reactive ketones (excluding diaryl/α,β-unsaturated/α-hetero) is 1. The number of hydrogen-bond donors (Lipinski definition) is 0. The maximum atomic E-state index is 11.7. The van der Waals surface area contributed by atoms with E-state index in [1.165, 1.54) is 0 Å². The SMILES string of the molecule is COCCC(C)C(=O)COc1cccc(Cl)c1. The lowest BCUT2D eigenvalue weighted by molar-refractivity contribution is -0.124. The summed E-state index contributed by atoms with van der Waals surface area (Å²) in [7, 11) is 1.62. The fourth-order valence-electron chi connectivity index (χ4n) is 1.31. The number of carbonyl (C=O) groups is 1. The minimum atomic E-state index is -0.0471. The van der Waals surface area contributed by atoms with Crippen LogP contribution in [0.3, 0.4) is 0 Å². The van der Waals surface area contributed by atoms with Crippen molar-refractivity contribution < 1.29 is 14.3 Å². The Labute approximate surface area is 107 Å². The van der Waals surface area contributed by atoms with Crippen molar-refractivity contribution in [1.29, 1.82) is 0 Å². The molecule has 94 valence electrons. The molecule has 17 heavy (non-hydrogen) atoms. The second-order valence-electron chi connectivity index (χ2n) is 3.89. The largest absolute Gasteiger partial charge is 0.486 e. The summed E-state index contributed by atoms with van der Waals surface area (Å²) in [6.45, 7) is 2.54. The van der Waals surface area contributed by atoms with Gasteiger partial charge in [0.2, 0.25) is 0 Å². The van der Waals surface area contributed by atoms with Gasteiger partial charge in [0.15, 0.2) is 5.78 Å². The van der Waals surface area contributed by atoms with E-state index in [1.54, 1.807) is 31.4 Å². The zero-order valence-corrected chi connectivity index (χ0v) is 10.9. The van der Waals surface area contributed by atoms with Crippen LogP contribution in [0.5, 0.6) is 5.75 Å². The maximum absolute atomic E-state index is 11.7. The Morgan fingerprint density at radius 2 is 2.24 bits per heavy atom. The third-order valence-corrected chi connectivity index (χ3v) is 2.72. The van der Waals surface area contributed by atoms with Gasteiger partial charge in [-0.3, -0.25) is 4.79 Å². The van der Waals surface area contributed by atoms with Crippen molar-refractivity contribution >= 4 is 17.4 Å². The molecule has 0 amide bonds. The molecule has 0 saturated heterocycles. The highest BCUT2D eigenvalue weighted by Gasteiger charge is 2.13. The summed E-state index contributed by atoms with van der Waals surface area (Å²) in [6.07, 6.45) is 0.717. The van der Waals surface area contributed by atoms with Gasteiger partial charge in [-0.25, -0.2) is 0 Å². The van der Waals surface area contributed by atoms with Crippen molar-refractivity contribution in [2.24, 2.45) is 5.92 Å². The van der Waals surface area contributed by atoms with Crippen LogP contribution in [0.2, 0.25) is 5.02 Å². The third-order valence-electron chi connectivity index (χ3n) is 2.48. The molecular weight excluding hydrogens is 240 g/mol. The van der Waals surface area contributed by atoms with E-state index in [2.05, 4.69) is 0 Å². The molecular formula is C13H17ClO3. The number of halogens is 1. The second-order valence-corrected chi connectivity index (χ2v) is 4.33. The summed E-state index contributed by atoms with van der Waals surface area (Å²) in [5, 5.41) is 0.599. The zero-order valence-electron chi connectivity index (χ0n) is 10.1. The van der Waals surface area contributed by atoms with Crippen LogP contribution in [0, 0.1) is 5.92 Å². The fraction of sp³-hybridized carbons (Fsp3) is 0.462. The molecule has 0 bridgehead atoms. The molecule has 3 nitrogen and oxygen atoms in total. The van der Waals surface area contributed by atoms with Crippen LogP contribution in [0.4, 0.5) is 0 Å². The monoisotopic (exact) mass is 256 g/mol. The number of ether oxygens (including phenoxy) is 2. The normalized spacial score (nSPS) is 12.2. The van der Waals surface area contributed by atoms with Gasteiger partial charge in [-0.1, -0.05) is 24.6 Å². The first-order valence-electron chi connectivity index (χ1n) is 5.53. The molecule has 1 rings (SSSR count). The van der Waals surface area contributed by atoms with Crippen LogP contribution in [0.1, 0.15) is 13.3 Å². The van der Waals surface area contributed by atoms with Crippen molar-refractivity contribution in [1.82, 2.24) is 0 Å². The van der Waals surface area contributed by atoms with Gasteiger partial charge in [-0.05, 0) is 24.6 Å². The average molecular weight is 257 g/mol. The Hall–Kier alpha value is -1.06. The molecule has 1 aromatic carbocycles. The first kappa shape index (κ1) is 14.0. The van der Waals surface area contributed by atoms with E-state index < -0.39 is 0 Å². The van der Waals surface area contributed by atoms with Crippen molar-refractivity contribution in [3.8, 4) is 5.75 Å². The summed E-state index contributed by atoms with van der Waals surface area (Å²) in [6, 6.07) is 7.02. The number of ketones is 1. The Morgan fingerprint density at radius 3 is 2.88 bits per heavy atom. The Morgan fingerprint density at radius 1 is 1.47 bits per heavy atom. The van der Waals surface area contributed by atoms with E-state index >= 15 is 0 Å². The molecule has 1 atom stereocenters. The summed E-state index contributed by atoms with van der Waals surface area (Å²) >= 11 is 5.81. The third kappa shape index (κ3) is 5.20. The van der Waals surface area contributed by atoms with Crippen LogP contribution in [0.25, 0.3) is 0 Å². The fourth-order valence-corrected chi connectivity index (χ4v) is 1.49. The van der Waals surface area contributed by atoms with Gasteiger partial charge in [0.05, 0.1) is 0 Å². The minimum Gasteiger partial charge on any atom is -0.486 e. The van der Waals surface area contributed by atoms with Gasteiger partial charge in [0.1, 0.15) is 12.4 Å². The van der Waals surface area contributed by atoms with Crippen molar-refractivity contribution in [2.45, 2.75) is 13.3 Å². The molecule has 4 heteroatoms. The quantitative estimate of drug-likeness (QED) is 0.752. The van der Waals surface area contributed by atoms with Crippen LogP contribution >= 0.6 is 11.6 Å². The average Bonchev–Trinajstić information content (AvgIpc) is 2.33. The molecule has 0 aliphatic heterocycles. The highest BCUT2D eigenvalue weighted by Crippen LogP contribution is 2.17. The highest BCUT2D eigenvalue weighted by atomic mass is 35.5. The topological polar surface area (TPSA) is 35.5 Å². The van der Waals surface area contributed by atoms with Gasteiger partial charge < -0.3 is 9.47 Å². The Bertz CT molecular complexity index is 365. The molecule has 0 aliphatic rings. The summed E-state index contributed by atoms with van der Waals surface area (Å²) < 4.78 is 10.3. The van der Waals surface area contributed by atoms with Crippen LogP contribution in [-0.2, 0) is 9.53 Å². The molecule has 0 saturated carbocycles. The Kier molecular flexibility index (Phi) is 6.01. The number of methoxy groups -OCH3 is 1. The molecule has 0 heterocycles. The van der Waals surface area contributed by atoms with E-state index in [9.17, 15) is 4.79 Å². The smallest absolute Gasteiger partial charge is 0.173 e. The van der Waals surface area contributed by atoms with Crippen LogP contribution in [0.15, 0.2) is 24.3 Å². The molecule has 0 N–H and O–H groups in total.